The van der Waals surface area contributed by atoms with Crippen LogP contribution in [0.1, 0.15) is 30.4 Å². The minimum Gasteiger partial charge on any atom is -0.320 e. The summed E-state index contributed by atoms with van der Waals surface area (Å²) in [6.45, 7) is 5.13. The molecule has 3 fully saturated rings. The lowest BCUT2D eigenvalue weighted by Gasteiger charge is -2.36. The van der Waals surface area contributed by atoms with Crippen LogP contribution in [0.25, 0.3) is 0 Å². The van der Waals surface area contributed by atoms with Gasteiger partial charge in [0, 0.05) is 51.0 Å². The summed E-state index contributed by atoms with van der Waals surface area (Å²) < 4.78 is 52.6. The molecule has 204 valence electrons. The average Bonchev–Trinajstić information content (AvgIpc) is 3.57. The summed E-state index contributed by atoms with van der Waals surface area (Å²) in [5, 5.41) is 10.9. The second kappa shape index (κ2) is 12.1. The van der Waals surface area contributed by atoms with Crippen molar-refractivity contribution in [2.24, 2.45) is 11.8 Å². The first-order valence-corrected chi connectivity index (χ1v) is 13.0. The molecule has 1 heterocycles. The highest BCUT2D eigenvalue weighted by molar-refractivity contribution is 5.89. The van der Waals surface area contributed by atoms with E-state index in [0.29, 0.717) is 30.0 Å². The molecule has 10 heteroatoms. The fraction of sp³-hybridized carbons (Fsp3) is 0.500. The van der Waals surface area contributed by atoms with Gasteiger partial charge < -0.3 is 15.1 Å². The van der Waals surface area contributed by atoms with Crippen LogP contribution in [0.3, 0.4) is 0 Å². The zero-order chi connectivity index (χ0) is 27.3. The van der Waals surface area contributed by atoms with Gasteiger partial charge in [0.2, 0.25) is 0 Å². The molecule has 3 aliphatic rings. The number of amides is 2. The van der Waals surface area contributed by atoms with E-state index in [4.69, 9.17) is 5.26 Å². The van der Waals surface area contributed by atoms with Crippen LogP contribution in [0.2, 0.25) is 0 Å². The molecule has 3 atom stereocenters. The number of carbonyl (C=O) groups excluding carboxylic acids is 1. The highest BCUT2D eigenvalue weighted by atomic mass is 19.4. The molecule has 2 aromatic rings. The van der Waals surface area contributed by atoms with Crippen molar-refractivity contribution in [1.29, 1.82) is 5.26 Å². The van der Waals surface area contributed by atoms with Gasteiger partial charge in [0.25, 0.3) is 0 Å². The molecule has 38 heavy (non-hydrogen) atoms. The number of urea groups is 1. The SMILES string of the molecule is CN1CCN(CCN(C(=O)Nc2ccc(F)c(C(F)(F)F)c2)C2CCC3CC32)CC1.N#Cc1ccccc1. The number of likely N-dealkylation sites (N-methyl/N-ethyl adjacent to an activating group) is 1. The number of benzene rings is 2. The Labute approximate surface area is 220 Å². The Bertz CT molecular complexity index is 1130. The third kappa shape index (κ3) is 7.23. The number of nitriles is 1. The molecule has 5 rings (SSSR count). The van der Waals surface area contributed by atoms with Gasteiger partial charge in [0.1, 0.15) is 5.82 Å². The van der Waals surface area contributed by atoms with Crippen molar-refractivity contribution in [3.8, 4) is 6.07 Å². The van der Waals surface area contributed by atoms with Crippen LogP contribution in [0.15, 0.2) is 48.5 Å². The van der Waals surface area contributed by atoms with Crippen molar-refractivity contribution in [2.45, 2.75) is 31.5 Å². The molecule has 1 saturated heterocycles. The number of piperazine rings is 1. The van der Waals surface area contributed by atoms with E-state index in [1.165, 1.54) is 6.07 Å². The van der Waals surface area contributed by atoms with Gasteiger partial charge in [-0.15, -0.1) is 0 Å². The maximum Gasteiger partial charge on any atom is 0.419 e. The Morgan fingerprint density at radius 2 is 1.82 bits per heavy atom. The molecule has 0 bridgehead atoms. The van der Waals surface area contributed by atoms with E-state index in [0.717, 1.165) is 58.1 Å². The largest absolute Gasteiger partial charge is 0.419 e. The van der Waals surface area contributed by atoms with Gasteiger partial charge in [-0.3, -0.25) is 4.90 Å². The molecule has 6 nitrogen and oxygen atoms in total. The van der Waals surface area contributed by atoms with Gasteiger partial charge in [-0.2, -0.15) is 18.4 Å². The zero-order valence-corrected chi connectivity index (χ0v) is 21.4. The van der Waals surface area contributed by atoms with Crippen LogP contribution in [-0.4, -0.2) is 73.1 Å². The van der Waals surface area contributed by atoms with Gasteiger partial charge in [-0.25, -0.2) is 9.18 Å². The molecule has 0 aromatic heterocycles. The fourth-order valence-electron chi connectivity index (χ4n) is 5.33. The highest BCUT2D eigenvalue weighted by Gasteiger charge is 2.51. The molecule has 1 aliphatic heterocycles. The fourth-order valence-corrected chi connectivity index (χ4v) is 5.33. The second-order valence-corrected chi connectivity index (χ2v) is 10.2. The smallest absolute Gasteiger partial charge is 0.320 e. The van der Waals surface area contributed by atoms with E-state index >= 15 is 0 Å². The molecule has 3 unspecified atom stereocenters. The first-order valence-electron chi connectivity index (χ1n) is 13.0. The van der Waals surface area contributed by atoms with Crippen molar-refractivity contribution in [3.05, 3.63) is 65.5 Å². The molecular weight excluding hydrogens is 498 g/mol. The predicted octanol–water partition coefficient (Wildman–Crippen LogP) is 5.28. The van der Waals surface area contributed by atoms with Crippen molar-refractivity contribution in [2.75, 3.05) is 51.6 Å². The summed E-state index contributed by atoms with van der Waals surface area (Å²) >= 11 is 0. The van der Waals surface area contributed by atoms with Gasteiger partial charge in [0.15, 0.2) is 0 Å². The lowest BCUT2D eigenvalue weighted by atomic mass is 10.1. The number of rotatable bonds is 5. The maximum atomic E-state index is 13.6. The Kier molecular flexibility index (Phi) is 8.90. The number of hydrogen-bond acceptors (Lipinski definition) is 4. The lowest BCUT2D eigenvalue weighted by Crippen LogP contribution is -2.50. The predicted molar refractivity (Wildman–Crippen MR) is 137 cm³/mol. The van der Waals surface area contributed by atoms with Crippen LogP contribution in [0, 0.1) is 29.0 Å². The third-order valence-corrected chi connectivity index (χ3v) is 7.64. The van der Waals surface area contributed by atoms with Crippen LogP contribution >= 0.6 is 0 Å². The van der Waals surface area contributed by atoms with Crippen LogP contribution < -0.4 is 5.32 Å². The van der Waals surface area contributed by atoms with E-state index in [9.17, 15) is 22.4 Å². The maximum absolute atomic E-state index is 13.6. The summed E-state index contributed by atoms with van der Waals surface area (Å²) in [4.78, 5) is 19.4. The normalized spacial score (nSPS) is 23.0. The van der Waals surface area contributed by atoms with E-state index in [2.05, 4.69) is 22.2 Å². The molecule has 1 N–H and O–H groups in total. The molecule has 0 radical (unpaired) electrons. The molecule has 0 spiro atoms. The monoisotopic (exact) mass is 531 g/mol. The number of alkyl halides is 3. The number of anilines is 1. The third-order valence-electron chi connectivity index (χ3n) is 7.64. The van der Waals surface area contributed by atoms with Crippen LogP contribution in [0.5, 0.6) is 0 Å². The standard InChI is InChI=1S/C21H28F4N4O.C7H5N/c1-27-6-8-28(9-7-27)10-11-29(19-5-2-14-12-16(14)19)20(30)26-15-3-4-18(22)17(13-15)21(23,24)25;8-6-7-4-2-1-3-5-7/h3-4,13-14,16,19H,2,5-12H2,1H3,(H,26,30);1-5H. The lowest BCUT2D eigenvalue weighted by molar-refractivity contribution is -0.139. The van der Waals surface area contributed by atoms with E-state index in [1.54, 1.807) is 17.0 Å². The number of hydrogen-bond donors (Lipinski definition) is 1. The molecule has 2 aromatic carbocycles. The molecule has 2 amide bonds. The van der Waals surface area contributed by atoms with Crippen LogP contribution in [-0.2, 0) is 6.18 Å². The van der Waals surface area contributed by atoms with Gasteiger partial charge >= 0.3 is 12.2 Å². The summed E-state index contributed by atoms with van der Waals surface area (Å²) in [5.41, 5.74) is -0.691. The second-order valence-electron chi connectivity index (χ2n) is 10.2. The molecular formula is C28H33F4N5O. The summed E-state index contributed by atoms with van der Waals surface area (Å²) in [7, 11) is 2.08. The van der Waals surface area contributed by atoms with Crippen molar-refractivity contribution in [3.63, 3.8) is 0 Å². The average molecular weight is 532 g/mol. The Balaban J connectivity index is 0.000000360. The number of nitrogens with zero attached hydrogens (tertiary/aromatic N) is 4. The van der Waals surface area contributed by atoms with Crippen molar-refractivity contribution >= 4 is 11.7 Å². The Hall–Kier alpha value is -3.16. The zero-order valence-electron chi connectivity index (χ0n) is 21.4. The first-order chi connectivity index (χ1) is 18.2. The van der Waals surface area contributed by atoms with Gasteiger partial charge in [0.05, 0.1) is 17.2 Å². The number of fused-ring (bicyclic) bond motifs is 1. The first kappa shape index (κ1) is 27.9. The minimum absolute atomic E-state index is 0.0383. The minimum atomic E-state index is -4.81. The van der Waals surface area contributed by atoms with Crippen molar-refractivity contribution in [1.82, 2.24) is 14.7 Å². The number of nitrogens with one attached hydrogen (secondary N) is 1. The quantitative estimate of drug-likeness (QED) is 0.534. The van der Waals surface area contributed by atoms with Crippen LogP contribution in [0.4, 0.5) is 28.0 Å². The topological polar surface area (TPSA) is 62.6 Å². The molecule has 2 aliphatic carbocycles. The number of halogens is 4. The summed E-state index contributed by atoms with van der Waals surface area (Å²) in [5.74, 6) is -0.164. The van der Waals surface area contributed by atoms with E-state index in [-0.39, 0.29) is 11.7 Å². The van der Waals surface area contributed by atoms with Gasteiger partial charge in [-0.05, 0) is 68.5 Å². The Morgan fingerprint density at radius 1 is 1.11 bits per heavy atom. The molecule has 2 saturated carbocycles. The van der Waals surface area contributed by atoms with E-state index < -0.39 is 23.6 Å². The van der Waals surface area contributed by atoms with E-state index in [1.807, 2.05) is 24.3 Å². The van der Waals surface area contributed by atoms with Crippen molar-refractivity contribution < 1.29 is 22.4 Å². The van der Waals surface area contributed by atoms with Gasteiger partial charge in [-0.1, -0.05) is 18.2 Å². The summed E-state index contributed by atoms with van der Waals surface area (Å²) in [6, 6.07) is 13.5. The summed E-state index contributed by atoms with van der Waals surface area (Å²) in [6.07, 6.45) is -1.65. The highest BCUT2D eigenvalue weighted by Crippen LogP contribution is 2.53. The number of carbonyl (C=O) groups is 1. The Morgan fingerprint density at radius 3 is 2.37 bits per heavy atom.